The van der Waals surface area contributed by atoms with Gasteiger partial charge in [0.1, 0.15) is 5.76 Å². The van der Waals surface area contributed by atoms with E-state index >= 15 is 0 Å². The molecule has 0 atom stereocenters. The fraction of sp³-hybridized carbons (Fsp3) is 0.385. The Bertz CT molecular complexity index is 639. The number of amides is 1. The van der Waals surface area contributed by atoms with E-state index in [0.717, 1.165) is 5.56 Å². The van der Waals surface area contributed by atoms with Gasteiger partial charge in [0.05, 0.1) is 18.4 Å². The molecule has 2 heterocycles. The number of aryl methyl sites for hydroxylation is 2. The number of rotatable bonds is 6. The summed E-state index contributed by atoms with van der Waals surface area (Å²) in [5.74, 6) is -0.567. The van der Waals surface area contributed by atoms with Crippen molar-refractivity contribution in [2.45, 2.75) is 26.8 Å². The number of hydrogen-bond acceptors (Lipinski definition) is 5. The second-order valence-electron chi connectivity index (χ2n) is 4.63. The topological polar surface area (TPSA) is 110 Å². The van der Waals surface area contributed by atoms with Crippen molar-refractivity contribution in [2.75, 3.05) is 6.54 Å². The van der Waals surface area contributed by atoms with Crippen molar-refractivity contribution in [1.29, 1.82) is 0 Å². The van der Waals surface area contributed by atoms with Crippen molar-refractivity contribution in [2.24, 2.45) is 0 Å². The van der Waals surface area contributed by atoms with E-state index in [0.29, 0.717) is 24.5 Å². The molecular weight excluding hydrogens is 276 g/mol. The molecule has 2 N–H and O–H groups in total. The number of aromatic nitrogens is 3. The number of carbonyl (C=O) groups is 2. The minimum atomic E-state index is -1.07. The fourth-order valence-electron chi connectivity index (χ4n) is 1.89. The molecule has 8 heteroatoms. The normalized spacial score (nSPS) is 10.6. The second kappa shape index (κ2) is 6.21. The molecule has 8 nitrogen and oxygen atoms in total. The lowest BCUT2D eigenvalue weighted by Gasteiger charge is -2.05. The SMILES string of the molecule is Cc1noc(C)c1CC(=O)NCCn1cnc(C(=O)O)c1. The Labute approximate surface area is 120 Å². The van der Waals surface area contributed by atoms with E-state index < -0.39 is 5.97 Å². The van der Waals surface area contributed by atoms with Crippen molar-refractivity contribution in [3.63, 3.8) is 0 Å². The lowest BCUT2D eigenvalue weighted by Crippen LogP contribution is -2.28. The maximum Gasteiger partial charge on any atom is 0.356 e. The van der Waals surface area contributed by atoms with Gasteiger partial charge >= 0.3 is 5.97 Å². The Hall–Kier alpha value is -2.64. The minimum Gasteiger partial charge on any atom is -0.476 e. The van der Waals surface area contributed by atoms with Gasteiger partial charge in [-0.1, -0.05) is 5.16 Å². The van der Waals surface area contributed by atoms with Crippen LogP contribution < -0.4 is 5.32 Å². The standard InChI is InChI=1S/C13H16N4O4/c1-8-10(9(2)21-16-8)5-12(18)14-3-4-17-6-11(13(19)20)15-7-17/h6-7H,3-5H2,1-2H3,(H,14,18)(H,19,20). The minimum absolute atomic E-state index is 0.0166. The largest absolute Gasteiger partial charge is 0.476 e. The number of carboxylic acids is 1. The van der Waals surface area contributed by atoms with Gasteiger partial charge in [0, 0.05) is 24.8 Å². The predicted molar refractivity (Wildman–Crippen MR) is 71.9 cm³/mol. The van der Waals surface area contributed by atoms with Crippen LogP contribution in [0.2, 0.25) is 0 Å². The van der Waals surface area contributed by atoms with Gasteiger partial charge in [-0.3, -0.25) is 4.79 Å². The van der Waals surface area contributed by atoms with Gasteiger partial charge < -0.3 is 19.5 Å². The summed E-state index contributed by atoms with van der Waals surface area (Å²) < 4.78 is 6.61. The van der Waals surface area contributed by atoms with Crippen LogP contribution in [0.15, 0.2) is 17.0 Å². The molecule has 2 rings (SSSR count). The third-order valence-electron chi connectivity index (χ3n) is 3.06. The average Bonchev–Trinajstić information content (AvgIpc) is 3.01. The summed E-state index contributed by atoms with van der Waals surface area (Å²) in [5.41, 5.74) is 1.49. The predicted octanol–water partition coefficient (Wildman–Crippen LogP) is 0.545. The smallest absolute Gasteiger partial charge is 0.356 e. The Balaban J connectivity index is 1.80. The van der Waals surface area contributed by atoms with Crippen molar-refractivity contribution in [3.8, 4) is 0 Å². The second-order valence-corrected chi connectivity index (χ2v) is 4.63. The Morgan fingerprint density at radius 1 is 1.43 bits per heavy atom. The highest BCUT2D eigenvalue weighted by Gasteiger charge is 2.13. The van der Waals surface area contributed by atoms with E-state index in [-0.39, 0.29) is 18.0 Å². The molecule has 0 spiro atoms. The molecule has 0 saturated carbocycles. The monoisotopic (exact) mass is 292 g/mol. The number of nitrogens with one attached hydrogen (secondary N) is 1. The van der Waals surface area contributed by atoms with Gasteiger partial charge in [-0.15, -0.1) is 0 Å². The zero-order valence-corrected chi connectivity index (χ0v) is 11.8. The quantitative estimate of drug-likeness (QED) is 0.804. The van der Waals surface area contributed by atoms with Crippen LogP contribution in [0.4, 0.5) is 0 Å². The first kappa shape index (κ1) is 14.8. The Kier molecular flexibility index (Phi) is 4.36. The van der Waals surface area contributed by atoms with Crippen LogP contribution in [0.25, 0.3) is 0 Å². The van der Waals surface area contributed by atoms with Crippen LogP contribution in [0.1, 0.15) is 27.5 Å². The summed E-state index contributed by atoms with van der Waals surface area (Å²) in [4.78, 5) is 26.2. The number of carbonyl (C=O) groups excluding carboxylic acids is 1. The zero-order chi connectivity index (χ0) is 15.4. The molecule has 112 valence electrons. The number of imidazole rings is 1. The van der Waals surface area contributed by atoms with Gasteiger partial charge in [-0.05, 0) is 13.8 Å². The highest BCUT2D eigenvalue weighted by molar-refractivity contribution is 5.84. The number of aromatic carboxylic acids is 1. The van der Waals surface area contributed by atoms with Crippen LogP contribution in [-0.2, 0) is 17.8 Å². The van der Waals surface area contributed by atoms with E-state index in [2.05, 4.69) is 15.5 Å². The molecule has 0 fully saturated rings. The molecule has 0 aliphatic heterocycles. The highest BCUT2D eigenvalue weighted by atomic mass is 16.5. The van der Waals surface area contributed by atoms with Gasteiger partial charge in [-0.2, -0.15) is 0 Å². The number of carboxylic acid groups (broad SMARTS) is 1. The summed E-state index contributed by atoms with van der Waals surface area (Å²) in [6.45, 7) is 4.39. The van der Waals surface area contributed by atoms with Crippen LogP contribution in [0, 0.1) is 13.8 Å². The molecule has 0 aliphatic rings. The molecule has 2 aromatic heterocycles. The van der Waals surface area contributed by atoms with Crippen molar-refractivity contribution >= 4 is 11.9 Å². The van der Waals surface area contributed by atoms with Crippen LogP contribution >= 0.6 is 0 Å². The summed E-state index contributed by atoms with van der Waals surface area (Å²) >= 11 is 0. The van der Waals surface area contributed by atoms with Gasteiger partial charge in [-0.25, -0.2) is 9.78 Å². The number of hydrogen-bond donors (Lipinski definition) is 2. The van der Waals surface area contributed by atoms with Crippen molar-refractivity contribution < 1.29 is 19.2 Å². The van der Waals surface area contributed by atoms with E-state index in [9.17, 15) is 9.59 Å². The summed E-state index contributed by atoms with van der Waals surface area (Å²) in [6, 6.07) is 0. The zero-order valence-electron chi connectivity index (χ0n) is 11.8. The van der Waals surface area contributed by atoms with Gasteiger partial charge in [0.2, 0.25) is 5.91 Å². The lowest BCUT2D eigenvalue weighted by atomic mass is 10.1. The number of nitrogens with zero attached hydrogens (tertiary/aromatic N) is 3. The Morgan fingerprint density at radius 2 is 2.19 bits per heavy atom. The lowest BCUT2D eigenvalue weighted by molar-refractivity contribution is -0.120. The molecular formula is C13H16N4O4. The fourth-order valence-corrected chi connectivity index (χ4v) is 1.89. The molecule has 2 aromatic rings. The highest BCUT2D eigenvalue weighted by Crippen LogP contribution is 2.12. The van der Waals surface area contributed by atoms with Crippen LogP contribution in [0.3, 0.4) is 0 Å². The maximum absolute atomic E-state index is 11.8. The average molecular weight is 292 g/mol. The molecule has 0 aromatic carbocycles. The first-order valence-corrected chi connectivity index (χ1v) is 6.41. The summed E-state index contributed by atoms with van der Waals surface area (Å²) in [6.07, 6.45) is 3.05. The maximum atomic E-state index is 11.8. The molecule has 0 radical (unpaired) electrons. The first-order chi connectivity index (χ1) is 9.97. The van der Waals surface area contributed by atoms with E-state index in [1.807, 2.05) is 0 Å². The summed E-state index contributed by atoms with van der Waals surface area (Å²) in [5, 5.41) is 15.3. The van der Waals surface area contributed by atoms with Crippen LogP contribution in [-0.4, -0.2) is 38.2 Å². The molecule has 0 unspecified atom stereocenters. The van der Waals surface area contributed by atoms with Crippen molar-refractivity contribution in [3.05, 3.63) is 35.2 Å². The Morgan fingerprint density at radius 3 is 2.76 bits per heavy atom. The molecule has 1 amide bonds. The van der Waals surface area contributed by atoms with E-state index in [1.54, 1.807) is 18.4 Å². The van der Waals surface area contributed by atoms with Crippen LogP contribution in [0.5, 0.6) is 0 Å². The first-order valence-electron chi connectivity index (χ1n) is 6.41. The molecule has 0 bridgehead atoms. The summed E-state index contributed by atoms with van der Waals surface area (Å²) in [7, 11) is 0. The van der Waals surface area contributed by atoms with Crippen molar-refractivity contribution in [1.82, 2.24) is 20.0 Å². The molecule has 0 aliphatic carbocycles. The van der Waals surface area contributed by atoms with Gasteiger partial charge in [0.25, 0.3) is 0 Å². The van der Waals surface area contributed by atoms with E-state index in [4.69, 9.17) is 9.63 Å². The third kappa shape index (κ3) is 3.68. The molecule has 0 saturated heterocycles. The third-order valence-corrected chi connectivity index (χ3v) is 3.06. The molecule has 21 heavy (non-hydrogen) atoms. The van der Waals surface area contributed by atoms with Gasteiger partial charge in [0.15, 0.2) is 5.69 Å². The van der Waals surface area contributed by atoms with E-state index in [1.165, 1.54) is 12.5 Å².